The zero-order valence-corrected chi connectivity index (χ0v) is 21.0. The number of hydrogen-bond acceptors (Lipinski definition) is 5. The van der Waals surface area contributed by atoms with Gasteiger partial charge in [0.1, 0.15) is 17.4 Å². The van der Waals surface area contributed by atoms with E-state index in [-0.39, 0.29) is 11.8 Å². The monoisotopic (exact) mass is 486 g/mol. The summed E-state index contributed by atoms with van der Waals surface area (Å²) in [4.78, 5) is 34.2. The molecule has 0 fully saturated rings. The molecule has 9 nitrogen and oxygen atoms in total. The molecule has 9 heteroatoms. The fourth-order valence-corrected chi connectivity index (χ4v) is 3.58. The van der Waals surface area contributed by atoms with Gasteiger partial charge in [0.15, 0.2) is 0 Å². The molecule has 0 heterocycles. The first-order valence-corrected chi connectivity index (χ1v) is 11.2. The van der Waals surface area contributed by atoms with E-state index < -0.39 is 0 Å². The average Bonchev–Trinajstić information content (AvgIpc) is 2.91. The number of anilines is 2. The molecule has 0 bridgehead atoms. The SMILES string of the molecule is CN=C(NC)c1ccc(NC(=O)c2cc(OC)cc(C(=O)Nc3ccc(C(=NC)NC)cc3)c2)cc1. The molecular formula is C27H30N6O3. The Kier molecular flexibility index (Phi) is 8.77. The largest absolute Gasteiger partial charge is 0.497 e. The second-order valence-corrected chi connectivity index (χ2v) is 7.66. The molecule has 4 N–H and O–H groups in total. The van der Waals surface area contributed by atoms with Crippen molar-refractivity contribution in [1.29, 1.82) is 0 Å². The van der Waals surface area contributed by atoms with Gasteiger partial charge in [-0.2, -0.15) is 0 Å². The summed E-state index contributed by atoms with van der Waals surface area (Å²) < 4.78 is 5.33. The van der Waals surface area contributed by atoms with E-state index in [0.29, 0.717) is 28.3 Å². The first-order chi connectivity index (χ1) is 17.4. The maximum absolute atomic E-state index is 13.0. The van der Waals surface area contributed by atoms with Crippen LogP contribution in [0, 0.1) is 0 Å². The minimum Gasteiger partial charge on any atom is -0.497 e. The lowest BCUT2D eigenvalue weighted by atomic mass is 10.1. The summed E-state index contributed by atoms with van der Waals surface area (Å²) in [6.45, 7) is 0. The smallest absolute Gasteiger partial charge is 0.255 e. The molecule has 0 aliphatic carbocycles. The summed E-state index contributed by atoms with van der Waals surface area (Å²) in [5, 5.41) is 11.7. The van der Waals surface area contributed by atoms with Crippen molar-refractivity contribution in [3.05, 3.63) is 89.0 Å². The van der Waals surface area contributed by atoms with Gasteiger partial charge in [-0.3, -0.25) is 19.6 Å². The van der Waals surface area contributed by atoms with Crippen LogP contribution in [0.1, 0.15) is 31.8 Å². The van der Waals surface area contributed by atoms with Gasteiger partial charge in [0.2, 0.25) is 0 Å². The minimum atomic E-state index is -0.364. The molecule has 0 unspecified atom stereocenters. The fraction of sp³-hybridized carbons (Fsp3) is 0.185. The average molecular weight is 487 g/mol. The number of methoxy groups -OCH3 is 1. The zero-order valence-electron chi connectivity index (χ0n) is 21.0. The van der Waals surface area contributed by atoms with Crippen LogP contribution in [0.3, 0.4) is 0 Å². The van der Waals surface area contributed by atoms with Gasteiger partial charge in [-0.1, -0.05) is 0 Å². The topological polar surface area (TPSA) is 116 Å². The van der Waals surface area contributed by atoms with Crippen LogP contribution in [0.4, 0.5) is 11.4 Å². The van der Waals surface area contributed by atoms with Gasteiger partial charge in [-0.25, -0.2) is 0 Å². The van der Waals surface area contributed by atoms with Gasteiger partial charge in [-0.05, 0) is 66.7 Å². The Morgan fingerprint density at radius 3 is 1.33 bits per heavy atom. The quantitative estimate of drug-likeness (QED) is 0.302. The number of carbonyl (C=O) groups excluding carboxylic acids is 2. The zero-order chi connectivity index (χ0) is 26.1. The molecule has 186 valence electrons. The van der Waals surface area contributed by atoms with E-state index in [1.165, 1.54) is 13.2 Å². The standard InChI is InChI=1S/C27H30N6O3/c1-28-24(29-2)17-6-10-21(11-7-17)32-26(34)19-14-20(16-23(15-19)36-5)27(35)33-22-12-8-18(9-13-22)25(30-3)31-4/h6-16H,1-5H3,(H,28,29)(H,30,31)(H,32,34)(H,33,35). The number of amides is 2. The van der Waals surface area contributed by atoms with Gasteiger partial charge >= 0.3 is 0 Å². The molecule has 3 aromatic rings. The first-order valence-electron chi connectivity index (χ1n) is 11.2. The second kappa shape index (κ2) is 12.2. The van der Waals surface area contributed by atoms with Gasteiger partial charge in [-0.15, -0.1) is 0 Å². The fourth-order valence-electron chi connectivity index (χ4n) is 3.58. The maximum Gasteiger partial charge on any atom is 0.255 e. The number of carbonyl (C=O) groups is 2. The Bertz CT molecular complexity index is 1190. The number of hydrogen-bond donors (Lipinski definition) is 4. The minimum absolute atomic E-state index is 0.294. The maximum atomic E-state index is 13.0. The highest BCUT2D eigenvalue weighted by atomic mass is 16.5. The van der Waals surface area contributed by atoms with Crippen LogP contribution in [-0.2, 0) is 0 Å². The van der Waals surface area contributed by atoms with Crippen molar-refractivity contribution >= 4 is 34.9 Å². The van der Waals surface area contributed by atoms with E-state index in [0.717, 1.165) is 22.8 Å². The van der Waals surface area contributed by atoms with E-state index in [9.17, 15) is 9.59 Å². The number of ether oxygens (including phenoxy) is 1. The number of rotatable bonds is 7. The highest BCUT2D eigenvalue weighted by Gasteiger charge is 2.15. The molecule has 3 aromatic carbocycles. The highest BCUT2D eigenvalue weighted by molar-refractivity contribution is 6.09. The molecule has 0 radical (unpaired) electrons. The van der Waals surface area contributed by atoms with Crippen LogP contribution in [0.25, 0.3) is 0 Å². The van der Waals surface area contributed by atoms with E-state index in [1.807, 2.05) is 24.3 Å². The third-order valence-electron chi connectivity index (χ3n) is 5.42. The van der Waals surface area contributed by atoms with Crippen molar-refractivity contribution in [2.24, 2.45) is 9.98 Å². The predicted octanol–water partition coefficient (Wildman–Crippen LogP) is 3.39. The molecule has 2 amide bonds. The number of aliphatic imine (C=N–C) groups is 2. The van der Waals surface area contributed by atoms with Crippen molar-refractivity contribution in [2.75, 3.05) is 45.9 Å². The van der Waals surface area contributed by atoms with Gasteiger partial charge in [0.05, 0.1) is 7.11 Å². The van der Waals surface area contributed by atoms with Crippen LogP contribution < -0.4 is 26.0 Å². The molecule has 3 rings (SSSR count). The van der Waals surface area contributed by atoms with Crippen LogP contribution in [-0.4, -0.2) is 58.8 Å². The van der Waals surface area contributed by atoms with E-state index in [4.69, 9.17) is 4.74 Å². The lowest BCUT2D eigenvalue weighted by Crippen LogP contribution is -2.19. The van der Waals surface area contributed by atoms with E-state index in [2.05, 4.69) is 31.3 Å². The van der Waals surface area contributed by atoms with Gasteiger partial charge in [0, 0.05) is 61.8 Å². The van der Waals surface area contributed by atoms with Crippen LogP contribution >= 0.6 is 0 Å². The van der Waals surface area contributed by atoms with Crippen LogP contribution in [0.2, 0.25) is 0 Å². The van der Waals surface area contributed by atoms with Crippen LogP contribution in [0.5, 0.6) is 5.75 Å². The van der Waals surface area contributed by atoms with Crippen LogP contribution in [0.15, 0.2) is 76.7 Å². The van der Waals surface area contributed by atoms with Gasteiger partial charge in [0.25, 0.3) is 11.8 Å². The van der Waals surface area contributed by atoms with Crippen molar-refractivity contribution in [3.8, 4) is 5.75 Å². The summed E-state index contributed by atoms with van der Waals surface area (Å²) in [6, 6.07) is 19.3. The molecule has 0 aliphatic rings. The number of nitrogens with one attached hydrogen (secondary N) is 4. The molecule has 0 saturated carbocycles. The lowest BCUT2D eigenvalue weighted by molar-refractivity contribution is 0.102. The summed E-state index contributed by atoms with van der Waals surface area (Å²) >= 11 is 0. The number of benzene rings is 3. The lowest BCUT2D eigenvalue weighted by Gasteiger charge is -2.12. The predicted molar refractivity (Wildman–Crippen MR) is 145 cm³/mol. The van der Waals surface area contributed by atoms with Crippen molar-refractivity contribution < 1.29 is 14.3 Å². The summed E-state index contributed by atoms with van der Waals surface area (Å²) in [7, 11) is 8.48. The first kappa shape index (κ1) is 26.0. The molecule has 0 aromatic heterocycles. The second-order valence-electron chi connectivity index (χ2n) is 7.66. The Labute approximate surface area is 210 Å². The molecule has 0 saturated heterocycles. The molecule has 0 atom stereocenters. The number of nitrogens with zero attached hydrogens (tertiary/aromatic N) is 2. The third kappa shape index (κ3) is 6.26. The van der Waals surface area contributed by atoms with E-state index >= 15 is 0 Å². The Balaban J connectivity index is 1.77. The summed E-state index contributed by atoms with van der Waals surface area (Å²) in [5.41, 5.74) is 3.61. The third-order valence-corrected chi connectivity index (χ3v) is 5.42. The van der Waals surface area contributed by atoms with Crippen molar-refractivity contribution in [3.63, 3.8) is 0 Å². The summed E-state index contributed by atoms with van der Waals surface area (Å²) in [5.74, 6) is 1.15. The number of amidine groups is 2. The van der Waals surface area contributed by atoms with E-state index in [1.54, 1.807) is 64.6 Å². The molecule has 36 heavy (non-hydrogen) atoms. The Hall–Kier alpha value is -4.66. The van der Waals surface area contributed by atoms with Crippen molar-refractivity contribution in [2.45, 2.75) is 0 Å². The Morgan fingerprint density at radius 2 is 1.03 bits per heavy atom. The normalized spacial score (nSPS) is 11.5. The molecule has 0 spiro atoms. The summed E-state index contributed by atoms with van der Waals surface area (Å²) in [6.07, 6.45) is 0. The molecule has 0 aliphatic heterocycles. The molecular weight excluding hydrogens is 456 g/mol. The van der Waals surface area contributed by atoms with Gasteiger partial charge < -0.3 is 26.0 Å². The highest BCUT2D eigenvalue weighted by Crippen LogP contribution is 2.20. The van der Waals surface area contributed by atoms with Crippen molar-refractivity contribution in [1.82, 2.24) is 10.6 Å². The Morgan fingerprint density at radius 1 is 0.639 bits per heavy atom.